The Kier molecular flexibility index (Phi) is 2.55. The molecule has 1 aromatic carbocycles. The van der Waals surface area contributed by atoms with Gasteiger partial charge in [-0.05, 0) is 37.1 Å². The van der Waals surface area contributed by atoms with E-state index in [1.807, 2.05) is 24.3 Å². The summed E-state index contributed by atoms with van der Waals surface area (Å²) in [6.07, 6.45) is 3.06. The third-order valence-corrected chi connectivity index (χ3v) is 3.41. The van der Waals surface area contributed by atoms with Crippen LogP contribution < -0.4 is 0 Å². The van der Waals surface area contributed by atoms with E-state index in [1.54, 1.807) is 4.68 Å². The molecular formula is C12H10BrN3O. The minimum absolute atomic E-state index is 0.430. The van der Waals surface area contributed by atoms with Crippen molar-refractivity contribution in [3.05, 3.63) is 40.1 Å². The molecular weight excluding hydrogens is 282 g/mol. The van der Waals surface area contributed by atoms with Crippen molar-refractivity contribution < 1.29 is 4.79 Å². The molecule has 0 aliphatic heterocycles. The molecule has 0 amide bonds. The fraction of sp³-hybridized carbons (Fsp3) is 0.250. The van der Waals surface area contributed by atoms with E-state index in [4.69, 9.17) is 0 Å². The maximum Gasteiger partial charge on any atom is 0.170 e. The van der Waals surface area contributed by atoms with Gasteiger partial charge in [0.2, 0.25) is 0 Å². The average Bonchev–Trinajstić information content (AvgIpc) is 3.10. The zero-order chi connectivity index (χ0) is 11.8. The summed E-state index contributed by atoms with van der Waals surface area (Å²) in [4.78, 5) is 11.2. The van der Waals surface area contributed by atoms with Gasteiger partial charge in [-0.15, -0.1) is 5.10 Å². The molecule has 1 aliphatic rings. The van der Waals surface area contributed by atoms with Crippen LogP contribution in [-0.2, 0) is 0 Å². The smallest absolute Gasteiger partial charge is 0.170 e. The largest absolute Gasteiger partial charge is 0.296 e. The predicted octanol–water partition coefficient (Wildman–Crippen LogP) is 2.72. The van der Waals surface area contributed by atoms with Crippen LogP contribution in [0.25, 0.3) is 5.69 Å². The zero-order valence-electron chi connectivity index (χ0n) is 9.01. The number of carbonyl (C=O) groups is 1. The Bertz CT molecular complexity index is 558. The second-order valence-electron chi connectivity index (χ2n) is 4.14. The summed E-state index contributed by atoms with van der Waals surface area (Å²) in [5.74, 6) is 0.430. The molecule has 0 bridgehead atoms. The summed E-state index contributed by atoms with van der Waals surface area (Å²) in [5, 5.41) is 8.19. The van der Waals surface area contributed by atoms with Gasteiger partial charge >= 0.3 is 0 Å². The van der Waals surface area contributed by atoms with Crippen LogP contribution in [0.5, 0.6) is 0 Å². The number of hydrogen-bond donors (Lipinski definition) is 0. The van der Waals surface area contributed by atoms with Gasteiger partial charge in [0.1, 0.15) is 5.69 Å². The first-order chi connectivity index (χ1) is 8.29. The Labute approximate surface area is 107 Å². The van der Waals surface area contributed by atoms with E-state index in [9.17, 15) is 4.79 Å². The van der Waals surface area contributed by atoms with Crippen LogP contribution in [0.1, 0.15) is 34.9 Å². The summed E-state index contributed by atoms with van der Waals surface area (Å²) in [6, 6.07) is 7.65. The number of carbonyl (C=O) groups excluding carboxylic acids is 1. The first-order valence-corrected chi connectivity index (χ1v) is 6.25. The lowest BCUT2D eigenvalue weighted by Crippen LogP contribution is -2.02. The maximum atomic E-state index is 11.2. The summed E-state index contributed by atoms with van der Waals surface area (Å²) in [7, 11) is 0. The Morgan fingerprint density at radius 1 is 1.29 bits per heavy atom. The number of hydrogen-bond acceptors (Lipinski definition) is 3. The quantitative estimate of drug-likeness (QED) is 0.817. The lowest BCUT2D eigenvalue weighted by Gasteiger charge is -2.02. The van der Waals surface area contributed by atoms with Crippen LogP contribution >= 0.6 is 15.9 Å². The lowest BCUT2D eigenvalue weighted by atomic mass is 10.2. The Balaban J connectivity index is 2.07. The van der Waals surface area contributed by atoms with Gasteiger partial charge in [0, 0.05) is 10.4 Å². The number of benzene rings is 1. The molecule has 5 heteroatoms. The second-order valence-corrected chi connectivity index (χ2v) is 5.06. The molecule has 4 nitrogen and oxygen atoms in total. The van der Waals surface area contributed by atoms with E-state index in [-0.39, 0.29) is 0 Å². The average molecular weight is 292 g/mol. The third-order valence-electron chi connectivity index (χ3n) is 2.88. The van der Waals surface area contributed by atoms with Gasteiger partial charge in [-0.3, -0.25) is 4.79 Å². The SMILES string of the molecule is O=Cc1c(C2CC2)nnn1-c1ccc(Br)cc1. The van der Waals surface area contributed by atoms with Gasteiger partial charge in [-0.25, -0.2) is 4.68 Å². The zero-order valence-corrected chi connectivity index (χ0v) is 10.6. The summed E-state index contributed by atoms with van der Waals surface area (Å²) < 4.78 is 2.60. The Hall–Kier alpha value is -1.49. The van der Waals surface area contributed by atoms with Crippen molar-refractivity contribution in [1.29, 1.82) is 0 Å². The first-order valence-electron chi connectivity index (χ1n) is 5.46. The normalized spacial score (nSPS) is 14.9. The van der Waals surface area contributed by atoms with Gasteiger partial charge in [-0.2, -0.15) is 0 Å². The van der Waals surface area contributed by atoms with E-state index in [0.717, 1.165) is 35.0 Å². The van der Waals surface area contributed by atoms with Crippen molar-refractivity contribution in [2.45, 2.75) is 18.8 Å². The molecule has 1 saturated carbocycles. The monoisotopic (exact) mass is 291 g/mol. The van der Waals surface area contributed by atoms with Crippen molar-refractivity contribution in [2.24, 2.45) is 0 Å². The highest BCUT2D eigenvalue weighted by molar-refractivity contribution is 9.10. The van der Waals surface area contributed by atoms with E-state index in [1.165, 1.54) is 0 Å². The van der Waals surface area contributed by atoms with Crippen LogP contribution in [0.3, 0.4) is 0 Å². The molecule has 0 N–H and O–H groups in total. The topological polar surface area (TPSA) is 47.8 Å². The van der Waals surface area contributed by atoms with E-state index >= 15 is 0 Å². The van der Waals surface area contributed by atoms with Crippen molar-refractivity contribution in [3.8, 4) is 5.69 Å². The highest BCUT2D eigenvalue weighted by Gasteiger charge is 2.30. The van der Waals surface area contributed by atoms with Crippen LogP contribution in [0, 0.1) is 0 Å². The van der Waals surface area contributed by atoms with Crippen LogP contribution in [0.2, 0.25) is 0 Å². The fourth-order valence-electron chi connectivity index (χ4n) is 1.83. The Morgan fingerprint density at radius 2 is 2.00 bits per heavy atom. The second kappa shape index (κ2) is 4.07. The molecule has 1 heterocycles. The van der Waals surface area contributed by atoms with E-state index < -0.39 is 0 Å². The molecule has 1 aliphatic carbocycles. The number of aromatic nitrogens is 3. The molecule has 3 rings (SSSR count). The molecule has 0 atom stereocenters. The molecule has 0 unspecified atom stereocenters. The number of aldehydes is 1. The van der Waals surface area contributed by atoms with Gasteiger partial charge < -0.3 is 0 Å². The molecule has 0 saturated heterocycles. The predicted molar refractivity (Wildman–Crippen MR) is 66.4 cm³/mol. The molecule has 0 spiro atoms. The summed E-state index contributed by atoms with van der Waals surface area (Å²) >= 11 is 3.38. The maximum absolute atomic E-state index is 11.2. The van der Waals surface area contributed by atoms with Gasteiger partial charge in [0.15, 0.2) is 6.29 Å². The molecule has 0 radical (unpaired) electrons. The Morgan fingerprint density at radius 3 is 2.59 bits per heavy atom. The van der Waals surface area contributed by atoms with E-state index in [0.29, 0.717) is 11.6 Å². The van der Waals surface area contributed by atoms with Crippen LogP contribution in [-0.4, -0.2) is 21.3 Å². The molecule has 1 fully saturated rings. The number of halogens is 1. The van der Waals surface area contributed by atoms with Crippen molar-refractivity contribution in [2.75, 3.05) is 0 Å². The fourth-order valence-corrected chi connectivity index (χ4v) is 2.10. The van der Waals surface area contributed by atoms with Crippen molar-refractivity contribution in [3.63, 3.8) is 0 Å². The highest BCUT2D eigenvalue weighted by Crippen LogP contribution is 2.40. The van der Waals surface area contributed by atoms with Crippen LogP contribution in [0.4, 0.5) is 0 Å². The highest BCUT2D eigenvalue weighted by atomic mass is 79.9. The summed E-state index contributed by atoms with van der Waals surface area (Å²) in [5.41, 5.74) is 2.27. The minimum atomic E-state index is 0.430. The summed E-state index contributed by atoms with van der Waals surface area (Å²) in [6.45, 7) is 0. The first kappa shape index (κ1) is 10.7. The molecule has 86 valence electrons. The minimum Gasteiger partial charge on any atom is -0.296 e. The van der Waals surface area contributed by atoms with Gasteiger partial charge in [0.05, 0.1) is 11.4 Å². The third kappa shape index (κ3) is 1.91. The van der Waals surface area contributed by atoms with Crippen molar-refractivity contribution in [1.82, 2.24) is 15.0 Å². The number of nitrogens with zero attached hydrogens (tertiary/aromatic N) is 3. The van der Waals surface area contributed by atoms with Crippen LogP contribution in [0.15, 0.2) is 28.7 Å². The van der Waals surface area contributed by atoms with E-state index in [2.05, 4.69) is 26.2 Å². The molecule has 17 heavy (non-hydrogen) atoms. The van der Waals surface area contributed by atoms with Gasteiger partial charge in [0.25, 0.3) is 0 Å². The molecule has 2 aromatic rings. The van der Waals surface area contributed by atoms with Crippen molar-refractivity contribution >= 4 is 22.2 Å². The lowest BCUT2D eigenvalue weighted by molar-refractivity contribution is 0.111. The van der Waals surface area contributed by atoms with Gasteiger partial charge in [-0.1, -0.05) is 21.1 Å². The standard InChI is InChI=1S/C12H10BrN3O/c13-9-3-5-10(6-4-9)16-11(7-17)12(14-15-16)8-1-2-8/h3-8H,1-2H2. The molecule has 1 aromatic heterocycles. The number of rotatable bonds is 3.